The average Bonchev–Trinajstić information content (AvgIpc) is 2.90. The SMILES string of the molecule is Cc1ccc2c(c1)CCCN2C(=O)CCN1C(=O)C2CCCCC2C1=O. The second kappa shape index (κ2) is 6.86. The summed E-state index contributed by atoms with van der Waals surface area (Å²) in [5, 5.41) is 0. The number of carbonyl (C=O) groups is 3. The number of anilines is 1. The molecule has 1 saturated carbocycles. The number of carbonyl (C=O) groups excluding carboxylic acids is 3. The van der Waals surface area contributed by atoms with E-state index in [1.165, 1.54) is 16.0 Å². The quantitative estimate of drug-likeness (QED) is 0.784. The van der Waals surface area contributed by atoms with Gasteiger partial charge in [0.2, 0.25) is 17.7 Å². The first kappa shape index (κ1) is 17.3. The lowest BCUT2D eigenvalue weighted by molar-refractivity contribution is -0.140. The Morgan fingerprint density at radius 2 is 1.77 bits per heavy atom. The van der Waals surface area contributed by atoms with E-state index in [2.05, 4.69) is 13.0 Å². The van der Waals surface area contributed by atoms with Crippen molar-refractivity contribution in [2.75, 3.05) is 18.0 Å². The van der Waals surface area contributed by atoms with Gasteiger partial charge in [-0.05, 0) is 44.2 Å². The summed E-state index contributed by atoms with van der Waals surface area (Å²) in [4.78, 5) is 41.1. The lowest BCUT2D eigenvalue weighted by Gasteiger charge is -2.30. The molecule has 1 saturated heterocycles. The van der Waals surface area contributed by atoms with Crippen LogP contribution in [-0.4, -0.2) is 35.7 Å². The molecule has 0 N–H and O–H groups in total. The minimum absolute atomic E-state index is 0.00488. The van der Waals surface area contributed by atoms with Crippen molar-refractivity contribution in [3.8, 4) is 0 Å². The van der Waals surface area contributed by atoms with Crippen molar-refractivity contribution >= 4 is 23.4 Å². The monoisotopic (exact) mass is 354 g/mol. The minimum atomic E-state index is -0.134. The van der Waals surface area contributed by atoms with Gasteiger partial charge in [0.05, 0.1) is 11.8 Å². The van der Waals surface area contributed by atoms with Gasteiger partial charge in [0.25, 0.3) is 0 Å². The molecule has 1 aromatic carbocycles. The van der Waals surface area contributed by atoms with Crippen LogP contribution >= 0.6 is 0 Å². The van der Waals surface area contributed by atoms with Gasteiger partial charge < -0.3 is 4.90 Å². The van der Waals surface area contributed by atoms with E-state index in [1.807, 2.05) is 17.0 Å². The number of hydrogen-bond donors (Lipinski definition) is 0. The van der Waals surface area contributed by atoms with E-state index in [-0.39, 0.29) is 42.5 Å². The Morgan fingerprint density at radius 1 is 1.08 bits per heavy atom. The van der Waals surface area contributed by atoms with Crippen LogP contribution in [0.1, 0.15) is 49.7 Å². The molecule has 5 heteroatoms. The van der Waals surface area contributed by atoms with Crippen LogP contribution in [-0.2, 0) is 20.8 Å². The summed E-state index contributed by atoms with van der Waals surface area (Å²) in [6.07, 6.45) is 5.84. The van der Waals surface area contributed by atoms with Gasteiger partial charge in [-0.15, -0.1) is 0 Å². The number of hydrogen-bond acceptors (Lipinski definition) is 3. The molecule has 3 amide bonds. The second-order valence-electron chi connectivity index (χ2n) is 7.86. The fourth-order valence-electron chi connectivity index (χ4n) is 4.78. The van der Waals surface area contributed by atoms with Gasteiger partial charge in [-0.2, -0.15) is 0 Å². The molecule has 1 aliphatic carbocycles. The van der Waals surface area contributed by atoms with E-state index in [9.17, 15) is 14.4 Å². The van der Waals surface area contributed by atoms with Crippen LogP contribution in [0.25, 0.3) is 0 Å². The molecule has 0 radical (unpaired) electrons. The molecular formula is C21H26N2O3. The Morgan fingerprint density at radius 3 is 2.46 bits per heavy atom. The molecule has 0 bridgehead atoms. The molecule has 5 nitrogen and oxygen atoms in total. The number of amides is 3. The highest BCUT2D eigenvalue weighted by Crippen LogP contribution is 2.38. The van der Waals surface area contributed by atoms with Crippen LogP contribution in [0.15, 0.2) is 18.2 Å². The van der Waals surface area contributed by atoms with Gasteiger partial charge in [-0.25, -0.2) is 0 Å². The van der Waals surface area contributed by atoms with Crippen LogP contribution < -0.4 is 4.90 Å². The number of rotatable bonds is 3. The molecule has 2 atom stereocenters. The third-order valence-electron chi connectivity index (χ3n) is 6.14. The van der Waals surface area contributed by atoms with Gasteiger partial charge in [0, 0.05) is 25.2 Å². The van der Waals surface area contributed by atoms with Gasteiger partial charge in [-0.1, -0.05) is 30.5 Å². The predicted molar refractivity (Wildman–Crippen MR) is 98.6 cm³/mol. The van der Waals surface area contributed by atoms with Crippen LogP contribution in [0.3, 0.4) is 0 Å². The molecule has 0 aromatic heterocycles. The Bertz CT molecular complexity index is 734. The van der Waals surface area contributed by atoms with Crippen molar-refractivity contribution in [1.29, 1.82) is 0 Å². The number of benzene rings is 1. The summed E-state index contributed by atoms with van der Waals surface area (Å²) in [7, 11) is 0. The summed E-state index contributed by atoms with van der Waals surface area (Å²) >= 11 is 0. The highest BCUT2D eigenvalue weighted by atomic mass is 16.2. The van der Waals surface area contributed by atoms with Crippen LogP contribution in [0, 0.1) is 18.8 Å². The van der Waals surface area contributed by atoms with Gasteiger partial charge >= 0.3 is 0 Å². The lowest BCUT2D eigenvalue weighted by atomic mass is 9.81. The fraction of sp³-hybridized carbons (Fsp3) is 0.571. The smallest absolute Gasteiger partial charge is 0.233 e. The Hall–Kier alpha value is -2.17. The maximum Gasteiger partial charge on any atom is 0.233 e. The number of fused-ring (bicyclic) bond motifs is 2. The third-order valence-corrected chi connectivity index (χ3v) is 6.14. The summed E-state index contributed by atoms with van der Waals surface area (Å²) in [5.74, 6) is -0.371. The molecule has 3 aliphatic rings. The van der Waals surface area contributed by atoms with E-state index in [4.69, 9.17) is 0 Å². The highest BCUT2D eigenvalue weighted by Gasteiger charge is 2.47. The van der Waals surface area contributed by atoms with Crippen molar-refractivity contribution in [3.05, 3.63) is 29.3 Å². The lowest BCUT2D eigenvalue weighted by Crippen LogP contribution is -2.39. The zero-order valence-electron chi connectivity index (χ0n) is 15.4. The molecule has 2 heterocycles. The summed E-state index contributed by atoms with van der Waals surface area (Å²) in [6, 6.07) is 6.19. The molecule has 26 heavy (non-hydrogen) atoms. The van der Waals surface area contributed by atoms with Crippen LogP contribution in [0.2, 0.25) is 0 Å². The number of aryl methyl sites for hydroxylation is 2. The minimum Gasteiger partial charge on any atom is -0.312 e. The maximum atomic E-state index is 12.8. The Balaban J connectivity index is 1.44. The number of imide groups is 1. The number of nitrogens with zero attached hydrogens (tertiary/aromatic N) is 2. The van der Waals surface area contributed by atoms with Crippen molar-refractivity contribution in [3.63, 3.8) is 0 Å². The average molecular weight is 354 g/mol. The predicted octanol–water partition coefficient (Wildman–Crippen LogP) is 2.84. The normalized spacial score (nSPS) is 25.3. The molecular weight excluding hydrogens is 328 g/mol. The first-order chi connectivity index (χ1) is 12.6. The molecule has 138 valence electrons. The van der Waals surface area contributed by atoms with E-state index in [0.29, 0.717) is 6.54 Å². The zero-order valence-corrected chi connectivity index (χ0v) is 15.4. The molecule has 2 fully saturated rings. The van der Waals surface area contributed by atoms with Crippen LogP contribution in [0.4, 0.5) is 5.69 Å². The first-order valence-electron chi connectivity index (χ1n) is 9.81. The van der Waals surface area contributed by atoms with Gasteiger partial charge in [0.1, 0.15) is 0 Å². The van der Waals surface area contributed by atoms with E-state index < -0.39 is 0 Å². The fourth-order valence-corrected chi connectivity index (χ4v) is 4.78. The summed E-state index contributed by atoms with van der Waals surface area (Å²) < 4.78 is 0. The van der Waals surface area contributed by atoms with Crippen LogP contribution in [0.5, 0.6) is 0 Å². The third kappa shape index (κ3) is 2.93. The van der Waals surface area contributed by atoms with E-state index >= 15 is 0 Å². The summed E-state index contributed by atoms with van der Waals surface area (Å²) in [5.41, 5.74) is 3.40. The Labute approximate surface area is 154 Å². The summed E-state index contributed by atoms with van der Waals surface area (Å²) in [6.45, 7) is 2.99. The maximum absolute atomic E-state index is 12.8. The number of likely N-dealkylation sites (tertiary alicyclic amines) is 1. The molecule has 0 spiro atoms. The standard InChI is InChI=1S/C21H26N2O3/c1-14-8-9-18-15(13-14)5-4-11-22(18)19(24)10-12-23-20(25)16-6-2-3-7-17(16)21(23)26/h8-9,13,16-17H,2-7,10-12H2,1H3. The second-order valence-corrected chi connectivity index (χ2v) is 7.86. The van der Waals surface area contributed by atoms with E-state index in [0.717, 1.165) is 44.2 Å². The molecule has 2 aliphatic heterocycles. The van der Waals surface area contributed by atoms with Crippen molar-refractivity contribution in [2.24, 2.45) is 11.8 Å². The largest absolute Gasteiger partial charge is 0.312 e. The van der Waals surface area contributed by atoms with Crippen molar-refractivity contribution in [1.82, 2.24) is 4.90 Å². The van der Waals surface area contributed by atoms with Crippen molar-refractivity contribution < 1.29 is 14.4 Å². The molecule has 2 unspecified atom stereocenters. The van der Waals surface area contributed by atoms with E-state index in [1.54, 1.807) is 0 Å². The molecule has 4 rings (SSSR count). The first-order valence-corrected chi connectivity index (χ1v) is 9.81. The van der Waals surface area contributed by atoms with Gasteiger partial charge in [-0.3, -0.25) is 19.3 Å². The molecule has 1 aromatic rings. The Kier molecular flexibility index (Phi) is 4.55. The van der Waals surface area contributed by atoms with Gasteiger partial charge in [0.15, 0.2) is 0 Å². The van der Waals surface area contributed by atoms with Crippen molar-refractivity contribution in [2.45, 2.75) is 51.9 Å². The highest BCUT2D eigenvalue weighted by molar-refractivity contribution is 6.05. The topological polar surface area (TPSA) is 57.7 Å². The zero-order chi connectivity index (χ0) is 18.3.